The number of rotatable bonds is 9. The average Bonchev–Trinajstić information content (AvgIpc) is 3.14. The molecule has 0 aliphatic carbocycles. The van der Waals surface area contributed by atoms with Gasteiger partial charge < -0.3 is 14.6 Å². The lowest BCUT2D eigenvalue weighted by molar-refractivity contribution is -0.119. The zero-order valence-corrected chi connectivity index (χ0v) is 18.6. The third-order valence-electron chi connectivity index (χ3n) is 4.89. The molecule has 30 heavy (non-hydrogen) atoms. The van der Waals surface area contributed by atoms with Gasteiger partial charge in [-0.1, -0.05) is 61.2 Å². The zero-order chi connectivity index (χ0) is 21.5. The fourth-order valence-electron chi connectivity index (χ4n) is 3.10. The minimum atomic E-state index is -0.253. The van der Waals surface area contributed by atoms with Crippen LogP contribution in [0.1, 0.15) is 49.9 Å². The number of amides is 1. The normalized spacial score (nSPS) is 12.9. The largest absolute Gasteiger partial charge is 0.483 e. The number of carbonyl (C=O) groups is 1. The van der Waals surface area contributed by atoms with Crippen molar-refractivity contribution in [2.24, 2.45) is 7.05 Å². The molecule has 3 aromatic rings. The Bertz CT molecular complexity index is 957. The van der Waals surface area contributed by atoms with Gasteiger partial charge in [-0.2, -0.15) is 0 Å². The highest BCUT2D eigenvalue weighted by Gasteiger charge is 2.18. The molecule has 6 nitrogen and oxygen atoms in total. The standard InChI is InChI=1S/C23H28N4O2S/c1-5-18-11-13-20(14-12-18)29-17(3)22-25-26-23(27(22)4)30-15-21(28)24-16(2)19-9-7-6-8-10-19/h6-14,16-17H,5,15H2,1-4H3,(H,24,28)/t16-,17+/m0/s1. The number of nitrogens with zero attached hydrogens (tertiary/aromatic N) is 3. The first kappa shape index (κ1) is 21.9. The summed E-state index contributed by atoms with van der Waals surface area (Å²) in [5, 5.41) is 12.2. The van der Waals surface area contributed by atoms with E-state index in [4.69, 9.17) is 4.74 Å². The van der Waals surface area contributed by atoms with Crippen LogP contribution in [0.3, 0.4) is 0 Å². The summed E-state index contributed by atoms with van der Waals surface area (Å²) in [5.41, 5.74) is 2.35. The minimum absolute atomic E-state index is 0.0399. The van der Waals surface area contributed by atoms with E-state index in [1.807, 2.05) is 67.9 Å². The van der Waals surface area contributed by atoms with Crippen molar-refractivity contribution in [2.75, 3.05) is 5.75 Å². The van der Waals surface area contributed by atoms with Crippen LogP contribution in [-0.4, -0.2) is 26.4 Å². The Kier molecular flexibility index (Phi) is 7.52. The second kappa shape index (κ2) is 10.3. The highest BCUT2D eigenvalue weighted by atomic mass is 32.2. The predicted molar refractivity (Wildman–Crippen MR) is 120 cm³/mol. The van der Waals surface area contributed by atoms with Crippen molar-refractivity contribution in [2.45, 2.75) is 44.5 Å². The number of carbonyl (C=O) groups excluding carboxylic acids is 1. The summed E-state index contributed by atoms with van der Waals surface area (Å²) in [6.07, 6.45) is 0.744. The number of ether oxygens (including phenoxy) is 1. The van der Waals surface area contributed by atoms with E-state index in [9.17, 15) is 4.79 Å². The predicted octanol–water partition coefficient (Wildman–Crippen LogP) is 4.49. The van der Waals surface area contributed by atoms with Crippen LogP contribution in [0.5, 0.6) is 5.75 Å². The Labute approximate surface area is 182 Å². The minimum Gasteiger partial charge on any atom is -0.483 e. The quantitative estimate of drug-likeness (QED) is 0.513. The van der Waals surface area contributed by atoms with Gasteiger partial charge >= 0.3 is 0 Å². The fourth-order valence-corrected chi connectivity index (χ4v) is 3.83. The third kappa shape index (κ3) is 5.63. The lowest BCUT2D eigenvalue weighted by Gasteiger charge is -2.15. The van der Waals surface area contributed by atoms with Crippen LogP contribution in [0.4, 0.5) is 0 Å². The molecular weight excluding hydrogens is 396 g/mol. The summed E-state index contributed by atoms with van der Waals surface area (Å²) < 4.78 is 7.89. The summed E-state index contributed by atoms with van der Waals surface area (Å²) in [5.74, 6) is 1.75. The van der Waals surface area contributed by atoms with E-state index in [-0.39, 0.29) is 23.8 Å². The van der Waals surface area contributed by atoms with Crippen LogP contribution in [0.15, 0.2) is 59.8 Å². The van der Waals surface area contributed by atoms with Gasteiger partial charge in [-0.05, 0) is 43.5 Å². The molecule has 7 heteroatoms. The van der Waals surface area contributed by atoms with Crippen molar-refractivity contribution in [3.8, 4) is 5.75 Å². The molecule has 0 bridgehead atoms. The summed E-state index contributed by atoms with van der Waals surface area (Å²) in [6, 6.07) is 17.9. The van der Waals surface area contributed by atoms with Crippen LogP contribution in [0, 0.1) is 0 Å². The molecule has 1 aromatic heterocycles. The summed E-state index contributed by atoms with van der Waals surface area (Å²) in [7, 11) is 1.89. The number of hydrogen-bond donors (Lipinski definition) is 1. The molecule has 2 aromatic carbocycles. The Morgan fingerprint density at radius 2 is 1.80 bits per heavy atom. The van der Waals surface area contributed by atoms with E-state index in [2.05, 4.69) is 34.6 Å². The topological polar surface area (TPSA) is 69.0 Å². The highest BCUT2D eigenvalue weighted by Crippen LogP contribution is 2.24. The third-order valence-corrected chi connectivity index (χ3v) is 5.91. The maximum atomic E-state index is 12.3. The van der Waals surface area contributed by atoms with Crippen LogP contribution >= 0.6 is 11.8 Å². The molecule has 1 N–H and O–H groups in total. The molecule has 3 rings (SSSR count). The molecule has 0 fully saturated rings. The molecule has 0 saturated heterocycles. The van der Waals surface area contributed by atoms with Gasteiger partial charge in [0.2, 0.25) is 5.91 Å². The molecule has 0 aliphatic rings. The van der Waals surface area contributed by atoms with E-state index < -0.39 is 0 Å². The summed E-state index contributed by atoms with van der Waals surface area (Å²) in [6.45, 7) is 6.05. The molecule has 0 saturated carbocycles. The molecule has 0 unspecified atom stereocenters. The van der Waals surface area contributed by atoms with Gasteiger partial charge in [0, 0.05) is 7.05 Å². The molecule has 0 spiro atoms. The zero-order valence-electron chi connectivity index (χ0n) is 17.8. The van der Waals surface area contributed by atoms with E-state index in [0.717, 1.165) is 23.6 Å². The fraction of sp³-hybridized carbons (Fsp3) is 0.348. The van der Waals surface area contributed by atoms with Gasteiger partial charge in [0.25, 0.3) is 0 Å². The van der Waals surface area contributed by atoms with E-state index in [1.54, 1.807) is 0 Å². The van der Waals surface area contributed by atoms with Crippen molar-refractivity contribution >= 4 is 17.7 Å². The first-order chi connectivity index (χ1) is 14.5. The molecule has 158 valence electrons. The van der Waals surface area contributed by atoms with Crippen molar-refractivity contribution in [3.05, 3.63) is 71.5 Å². The van der Waals surface area contributed by atoms with Crippen LogP contribution < -0.4 is 10.1 Å². The van der Waals surface area contributed by atoms with Crippen molar-refractivity contribution in [1.29, 1.82) is 0 Å². The number of thioether (sulfide) groups is 1. The Morgan fingerprint density at radius 1 is 1.10 bits per heavy atom. The average molecular weight is 425 g/mol. The molecule has 0 aliphatic heterocycles. The molecule has 2 atom stereocenters. The number of nitrogens with one attached hydrogen (secondary N) is 1. The number of benzene rings is 2. The second-order valence-corrected chi connectivity index (χ2v) is 8.09. The van der Waals surface area contributed by atoms with Crippen LogP contribution in [0.25, 0.3) is 0 Å². The van der Waals surface area contributed by atoms with E-state index in [0.29, 0.717) is 5.16 Å². The number of aromatic nitrogens is 3. The van der Waals surface area contributed by atoms with Gasteiger partial charge in [-0.15, -0.1) is 10.2 Å². The monoisotopic (exact) mass is 424 g/mol. The molecule has 1 heterocycles. The van der Waals surface area contributed by atoms with Crippen molar-refractivity contribution < 1.29 is 9.53 Å². The summed E-state index contributed by atoms with van der Waals surface area (Å²) in [4.78, 5) is 12.3. The van der Waals surface area contributed by atoms with Gasteiger partial charge in [0.1, 0.15) is 5.75 Å². The second-order valence-electron chi connectivity index (χ2n) is 7.15. The maximum Gasteiger partial charge on any atom is 0.230 e. The molecule has 1 amide bonds. The van der Waals surface area contributed by atoms with E-state index in [1.165, 1.54) is 17.3 Å². The first-order valence-electron chi connectivity index (χ1n) is 10.1. The lowest BCUT2D eigenvalue weighted by Crippen LogP contribution is -2.28. The Hall–Kier alpha value is -2.80. The van der Waals surface area contributed by atoms with Gasteiger partial charge in [0.15, 0.2) is 17.1 Å². The van der Waals surface area contributed by atoms with Crippen molar-refractivity contribution in [3.63, 3.8) is 0 Å². The Morgan fingerprint density at radius 3 is 2.47 bits per heavy atom. The first-order valence-corrected chi connectivity index (χ1v) is 11.1. The maximum absolute atomic E-state index is 12.3. The molecular formula is C23H28N4O2S. The SMILES string of the molecule is CCc1ccc(O[C@H](C)c2nnc(SCC(=O)N[C@@H](C)c3ccccc3)n2C)cc1. The highest BCUT2D eigenvalue weighted by molar-refractivity contribution is 7.99. The van der Waals surface area contributed by atoms with E-state index >= 15 is 0 Å². The Balaban J connectivity index is 1.54. The number of aryl methyl sites for hydroxylation is 1. The van der Waals surface area contributed by atoms with Crippen molar-refractivity contribution in [1.82, 2.24) is 20.1 Å². The van der Waals surface area contributed by atoms with Gasteiger partial charge in [-0.25, -0.2) is 0 Å². The molecule has 0 radical (unpaired) electrons. The number of hydrogen-bond acceptors (Lipinski definition) is 5. The van der Waals surface area contributed by atoms with Crippen LogP contribution in [0.2, 0.25) is 0 Å². The van der Waals surface area contributed by atoms with Crippen LogP contribution in [-0.2, 0) is 18.3 Å². The smallest absolute Gasteiger partial charge is 0.230 e. The summed E-state index contributed by atoms with van der Waals surface area (Å²) >= 11 is 1.36. The lowest BCUT2D eigenvalue weighted by atomic mass is 10.1. The van der Waals surface area contributed by atoms with Gasteiger partial charge in [-0.3, -0.25) is 4.79 Å². The van der Waals surface area contributed by atoms with Gasteiger partial charge in [0.05, 0.1) is 11.8 Å².